The van der Waals surface area contributed by atoms with Crippen molar-refractivity contribution < 1.29 is 13.2 Å². The smallest absolute Gasteiger partial charge is 0.271 e. The highest BCUT2D eigenvalue weighted by molar-refractivity contribution is 7.89. The number of carbonyl (C=O) groups is 1. The Morgan fingerprint density at radius 3 is 2.45 bits per heavy atom. The van der Waals surface area contributed by atoms with Gasteiger partial charge in [0, 0.05) is 49.5 Å². The van der Waals surface area contributed by atoms with Crippen molar-refractivity contribution in [3.05, 3.63) is 52.9 Å². The lowest BCUT2D eigenvalue weighted by molar-refractivity contribution is 0.0692. The molecule has 0 spiro atoms. The van der Waals surface area contributed by atoms with Crippen LogP contribution in [0.3, 0.4) is 0 Å². The van der Waals surface area contributed by atoms with Gasteiger partial charge in [-0.15, -0.1) is 0 Å². The van der Waals surface area contributed by atoms with Crippen molar-refractivity contribution in [2.24, 2.45) is 0 Å². The fraction of sp³-hybridized carbons (Fsp3) is 0.350. The molecular weight excluding hydrogens is 440 g/mol. The van der Waals surface area contributed by atoms with Gasteiger partial charge in [0.15, 0.2) is 0 Å². The minimum atomic E-state index is -3.65. The number of piperazine rings is 1. The van der Waals surface area contributed by atoms with E-state index < -0.39 is 10.0 Å². The van der Waals surface area contributed by atoms with Gasteiger partial charge in [0.1, 0.15) is 10.6 Å². The van der Waals surface area contributed by atoms with E-state index in [1.165, 1.54) is 4.31 Å². The maximum absolute atomic E-state index is 13.0. The number of aryl methyl sites for hydroxylation is 2. The van der Waals surface area contributed by atoms with Gasteiger partial charge in [0.2, 0.25) is 10.0 Å². The Balaban J connectivity index is 1.43. The number of carbonyl (C=O) groups excluding carboxylic acids is 1. The molecule has 9 nitrogen and oxygen atoms in total. The van der Waals surface area contributed by atoms with Gasteiger partial charge in [-0.1, -0.05) is 23.7 Å². The van der Waals surface area contributed by atoms with Crippen molar-refractivity contribution in [3.8, 4) is 11.3 Å². The van der Waals surface area contributed by atoms with Crippen LogP contribution in [0.4, 0.5) is 0 Å². The monoisotopic (exact) mass is 462 g/mol. The Labute approximate surface area is 185 Å². The molecule has 31 heavy (non-hydrogen) atoms. The van der Waals surface area contributed by atoms with Gasteiger partial charge < -0.3 is 4.90 Å². The predicted octanol–water partition coefficient (Wildman–Crippen LogP) is 2.40. The van der Waals surface area contributed by atoms with Gasteiger partial charge in [-0.2, -0.15) is 14.5 Å². The molecule has 0 radical (unpaired) electrons. The summed E-state index contributed by atoms with van der Waals surface area (Å²) >= 11 is 5.92. The van der Waals surface area contributed by atoms with E-state index in [1.54, 1.807) is 40.9 Å². The van der Waals surface area contributed by atoms with Crippen LogP contribution < -0.4 is 0 Å². The molecular formula is C20H23ClN6O3S. The average Bonchev–Trinajstić information content (AvgIpc) is 3.41. The summed E-state index contributed by atoms with van der Waals surface area (Å²) < 4.78 is 29.0. The first kappa shape index (κ1) is 21.5. The zero-order valence-corrected chi connectivity index (χ0v) is 18.8. The second-order valence-corrected chi connectivity index (χ2v) is 9.65. The quantitative estimate of drug-likeness (QED) is 0.627. The van der Waals surface area contributed by atoms with E-state index in [0.29, 0.717) is 41.7 Å². The van der Waals surface area contributed by atoms with E-state index in [0.717, 1.165) is 5.56 Å². The van der Waals surface area contributed by atoms with Crippen LogP contribution in [0.15, 0.2) is 41.4 Å². The molecule has 1 fully saturated rings. The molecule has 4 rings (SSSR count). The summed E-state index contributed by atoms with van der Waals surface area (Å²) in [6, 6.07) is 8.88. The molecule has 3 aromatic rings. The number of halogens is 1. The number of benzene rings is 1. The molecule has 1 aliphatic rings. The van der Waals surface area contributed by atoms with Gasteiger partial charge in [-0.25, -0.2) is 8.42 Å². The summed E-state index contributed by atoms with van der Waals surface area (Å²) in [5, 5.41) is 11.9. The van der Waals surface area contributed by atoms with Crippen molar-refractivity contribution >= 4 is 27.5 Å². The number of aromatic amines is 1. The van der Waals surface area contributed by atoms with Gasteiger partial charge in [0.25, 0.3) is 5.91 Å². The van der Waals surface area contributed by atoms with Crippen molar-refractivity contribution in [1.29, 1.82) is 0 Å². The number of H-pyrrole nitrogens is 1. The molecule has 0 atom stereocenters. The number of nitrogens with one attached hydrogen (secondary N) is 1. The van der Waals surface area contributed by atoms with Crippen LogP contribution in [-0.4, -0.2) is 69.7 Å². The Morgan fingerprint density at radius 1 is 1.16 bits per heavy atom. The van der Waals surface area contributed by atoms with Gasteiger partial charge in [-0.3, -0.25) is 14.6 Å². The molecule has 11 heteroatoms. The van der Waals surface area contributed by atoms with Crippen molar-refractivity contribution in [2.75, 3.05) is 26.2 Å². The molecule has 0 bridgehead atoms. The molecule has 1 amide bonds. The molecule has 1 aliphatic heterocycles. The Hall–Kier alpha value is -2.69. The van der Waals surface area contributed by atoms with Crippen molar-refractivity contribution in [3.63, 3.8) is 0 Å². The molecule has 1 N–H and O–H groups in total. The first-order valence-electron chi connectivity index (χ1n) is 9.94. The van der Waals surface area contributed by atoms with Crippen LogP contribution in [0.5, 0.6) is 0 Å². The van der Waals surface area contributed by atoms with Crippen LogP contribution in [0, 0.1) is 6.92 Å². The zero-order chi connectivity index (χ0) is 22.2. The molecule has 164 valence electrons. The van der Waals surface area contributed by atoms with E-state index in [9.17, 15) is 13.2 Å². The highest BCUT2D eigenvalue weighted by atomic mass is 35.5. The van der Waals surface area contributed by atoms with Crippen LogP contribution in [0.1, 0.15) is 23.1 Å². The molecule has 1 aromatic carbocycles. The fourth-order valence-corrected chi connectivity index (χ4v) is 5.27. The van der Waals surface area contributed by atoms with Gasteiger partial charge in [0.05, 0.1) is 11.4 Å². The molecule has 0 unspecified atom stereocenters. The maximum Gasteiger partial charge on any atom is 0.271 e. The molecule has 3 heterocycles. The summed E-state index contributed by atoms with van der Waals surface area (Å²) in [6.45, 7) is 5.24. The van der Waals surface area contributed by atoms with Crippen molar-refractivity contribution in [2.45, 2.75) is 25.3 Å². The van der Waals surface area contributed by atoms with E-state index >= 15 is 0 Å². The summed E-state index contributed by atoms with van der Waals surface area (Å²) in [7, 11) is -3.65. The van der Waals surface area contributed by atoms with Crippen molar-refractivity contribution in [1.82, 2.24) is 29.2 Å². The number of nitrogens with zero attached hydrogens (tertiary/aromatic N) is 5. The largest absolute Gasteiger partial charge is 0.335 e. The average molecular weight is 463 g/mol. The lowest BCUT2D eigenvalue weighted by atomic mass is 10.1. The molecule has 1 saturated heterocycles. The number of hydrogen-bond donors (Lipinski definition) is 1. The third-order valence-electron chi connectivity index (χ3n) is 5.32. The van der Waals surface area contributed by atoms with Gasteiger partial charge in [-0.05, 0) is 32.0 Å². The highest BCUT2D eigenvalue weighted by Gasteiger charge is 2.33. The Morgan fingerprint density at radius 2 is 1.84 bits per heavy atom. The first-order valence-corrected chi connectivity index (χ1v) is 11.8. The van der Waals surface area contributed by atoms with E-state index in [-0.39, 0.29) is 23.9 Å². The SMILES string of the molecule is CCn1cc(S(=O)(=O)N2CCN(C(=O)c3cc(-c4ccc(Cl)cc4)n[nH]3)CC2)c(C)n1. The van der Waals surface area contributed by atoms with E-state index in [2.05, 4.69) is 15.3 Å². The molecule has 2 aromatic heterocycles. The van der Waals surface area contributed by atoms with Crippen LogP contribution in [-0.2, 0) is 16.6 Å². The summed E-state index contributed by atoms with van der Waals surface area (Å²) in [5.74, 6) is -0.209. The summed E-state index contributed by atoms with van der Waals surface area (Å²) in [6.07, 6.45) is 1.56. The highest BCUT2D eigenvalue weighted by Crippen LogP contribution is 2.23. The van der Waals surface area contributed by atoms with Crippen LogP contribution in [0.2, 0.25) is 5.02 Å². The first-order chi connectivity index (χ1) is 14.8. The number of sulfonamides is 1. The number of aromatic nitrogens is 4. The third-order valence-corrected chi connectivity index (χ3v) is 7.57. The second-order valence-electron chi connectivity index (χ2n) is 7.30. The van der Waals surface area contributed by atoms with E-state index in [4.69, 9.17) is 11.6 Å². The lowest BCUT2D eigenvalue weighted by Gasteiger charge is -2.33. The van der Waals surface area contributed by atoms with Crippen LogP contribution in [0.25, 0.3) is 11.3 Å². The van der Waals surface area contributed by atoms with Gasteiger partial charge >= 0.3 is 0 Å². The minimum Gasteiger partial charge on any atom is -0.335 e. The second kappa shape index (κ2) is 8.45. The fourth-order valence-electron chi connectivity index (χ4n) is 3.56. The number of amides is 1. The molecule has 0 saturated carbocycles. The van der Waals surface area contributed by atoms with E-state index in [1.807, 2.05) is 19.1 Å². The number of rotatable bonds is 5. The Bertz CT molecular complexity index is 1190. The number of hydrogen-bond acceptors (Lipinski definition) is 5. The summed E-state index contributed by atoms with van der Waals surface area (Å²) in [5.41, 5.74) is 2.33. The lowest BCUT2D eigenvalue weighted by Crippen LogP contribution is -2.50. The predicted molar refractivity (Wildman–Crippen MR) is 116 cm³/mol. The standard InChI is InChI=1S/C20H23ClN6O3S/c1-3-26-13-19(14(2)24-26)31(29,30)27-10-8-25(9-11-27)20(28)18-12-17(22-23-18)15-4-6-16(21)7-5-15/h4-7,12-13H,3,8-11H2,1-2H3,(H,22,23). The zero-order valence-electron chi connectivity index (χ0n) is 17.2. The normalized spacial score (nSPS) is 15.4. The third kappa shape index (κ3) is 4.23. The minimum absolute atomic E-state index is 0.209. The molecule has 0 aliphatic carbocycles. The van der Waals surface area contributed by atoms with Crippen LogP contribution >= 0.6 is 11.6 Å². The summed E-state index contributed by atoms with van der Waals surface area (Å²) in [4.78, 5) is 14.7. The maximum atomic E-state index is 13.0. The Kier molecular flexibility index (Phi) is 5.87. The topological polar surface area (TPSA) is 104 Å².